The predicted octanol–water partition coefficient (Wildman–Crippen LogP) is 2.71. The summed E-state index contributed by atoms with van der Waals surface area (Å²) in [4.78, 5) is 10.3. The van der Waals surface area contributed by atoms with Crippen LogP contribution in [0.1, 0.15) is 25.0 Å². The summed E-state index contributed by atoms with van der Waals surface area (Å²) in [6.45, 7) is 3.51. The topological polar surface area (TPSA) is 66.8 Å². The first-order valence-corrected chi connectivity index (χ1v) is 4.95. The number of carboxylic acid groups (broad SMARTS) is 1. The van der Waals surface area contributed by atoms with Gasteiger partial charge < -0.3 is 14.9 Å². The summed E-state index contributed by atoms with van der Waals surface area (Å²) in [5, 5.41) is 18.1. The number of carbonyl (C=O) groups is 1. The van der Waals surface area contributed by atoms with Gasteiger partial charge >= 0.3 is 6.16 Å². The monoisotopic (exact) mass is 228 g/mol. The number of aromatic hydroxyl groups is 1. The van der Waals surface area contributed by atoms with Crippen LogP contribution in [0.15, 0.2) is 6.07 Å². The number of halogens is 1. The smallest absolute Gasteiger partial charge is 0.504 e. The molecule has 5 heteroatoms. The molecule has 0 saturated carbocycles. The van der Waals surface area contributed by atoms with Gasteiger partial charge in [-0.25, -0.2) is 9.18 Å². The van der Waals surface area contributed by atoms with Gasteiger partial charge in [-0.1, -0.05) is 13.8 Å². The van der Waals surface area contributed by atoms with Crippen molar-refractivity contribution in [2.45, 2.75) is 26.7 Å². The molecule has 0 radical (unpaired) electrons. The minimum Gasteiger partial charge on any atom is -0.504 e. The predicted molar refractivity (Wildman–Crippen MR) is 55.5 cm³/mol. The Morgan fingerprint density at radius 1 is 1.38 bits per heavy atom. The van der Waals surface area contributed by atoms with Gasteiger partial charge in [-0.15, -0.1) is 0 Å². The average molecular weight is 228 g/mol. The van der Waals surface area contributed by atoms with E-state index in [2.05, 4.69) is 4.74 Å². The number of ether oxygens (including phenoxy) is 1. The molecule has 0 aliphatic heterocycles. The van der Waals surface area contributed by atoms with Crippen LogP contribution < -0.4 is 4.74 Å². The SMILES string of the molecule is CCc1c(F)cc(OC(=O)O)c(O)c1CC. The van der Waals surface area contributed by atoms with Crippen LogP contribution in [0, 0.1) is 5.82 Å². The highest BCUT2D eigenvalue weighted by Crippen LogP contribution is 2.35. The van der Waals surface area contributed by atoms with Crippen LogP contribution in [0.4, 0.5) is 9.18 Å². The first kappa shape index (κ1) is 12.3. The van der Waals surface area contributed by atoms with Crippen LogP contribution in [0.25, 0.3) is 0 Å². The second kappa shape index (κ2) is 4.83. The van der Waals surface area contributed by atoms with Gasteiger partial charge in [0.2, 0.25) is 0 Å². The van der Waals surface area contributed by atoms with Crippen molar-refractivity contribution in [3.63, 3.8) is 0 Å². The number of hydrogen-bond acceptors (Lipinski definition) is 3. The van der Waals surface area contributed by atoms with Crippen LogP contribution in [-0.4, -0.2) is 16.4 Å². The zero-order valence-corrected chi connectivity index (χ0v) is 9.08. The first-order valence-electron chi connectivity index (χ1n) is 4.95. The van der Waals surface area contributed by atoms with E-state index in [0.717, 1.165) is 6.07 Å². The lowest BCUT2D eigenvalue weighted by molar-refractivity contribution is 0.142. The fraction of sp³-hybridized carbons (Fsp3) is 0.364. The van der Waals surface area contributed by atoms with Crippen molar-refractivity contribution in [3.05, 3.63) is 23.0 Å². The second-order valence-corrected chi connectivity index (χ2v) is 3.24. The largest absolute Gasteiger partial charge is 0.511 e. The van der Waals surface area contributed by atoms with E-state index in [1.807, 2.05) is 0 Å². The third kappa shape index (κ3) is 2.24. The minimum atomic E-state index is -1.58. The van der Waals surface area contributed by atoms with Crippen molar-refractivity contribution in [3.8, 4) is 11.5 Å². The van der Waals surface area contributed by atoms with Crippen LogP contribution in [0.3, 0.4) is 0 Å². The molecule has 1 rings (SSSR count). The van der Waals surface area contributed by atoms with Gasteiger partial charge in [0.1, 0.15) is 5.82 Å². The number of phenols is 1. The first-order chi connectivity index (χ1) is 7.51. The zero-order chi connectivity index (χ0) is 12.3. The van der Waals surface area contributed by atoms with E-state index in [1.54, 1.807) is 13.8 Å². The van der Waals surface area contributed by atoms with E-state index < -0.39 is 12.0 Å². The molecule has 0 aromatic heterocycles. The van der Waals surface area contributed by atoms with Crippen molar-refractivity contribution >= 4 is 6.16 Å². The molecule has 16 heavy (non-hydrogen) atoms. The van der Waals surface area contributed by atoms with Gasteiger partial charge in [0, 0.05) is 11.6 Å². The molecule has 88 valence electrons. The molecule has 0 aliphatic carbocycles. The highest BCUT2D eigenvalue weighted by molar-refractivity contribution is 5.64. The molecule has 0 aliphatic rings. The molecule has 0 bridgehead atoms. The molecule has 2 N–H and O–H groups in total. The fourth-order valence-electron chi connectivity index (χ4n) is 1.64. The molecule has 0 heterocycles. The lowest BCUT2D eigenvalue weighted by Gasteiger charge is -2.12. The van der Waals surface area contributed by atoms with Crippen molar-refractivity contribution in [2.75, 3.05) is 0 Å². The normalized spacial score (nSPS) is 10.2. The molecule has 0 saturated heterocycles. The summed E-state index contributed by atoms with van der Waals surface area (Å²) in [5.74, 6) is -1.23. The molecule has 0 atom stereocenters. The summed E-state index contributed by atoms with van der Waals surface area (Å²) in [7, 11) is 0. The van der Waals surface area contributed by atoms with Gasteiger partial charge in [0.15, 0.2) is 11.5 Å². The van der Waals surface area contributed by atoms with Gasteiger partial charge in [-0.3, -0.25) is 0 Å². The standard InChI is InChI=1S/C11H13FO4/c1-3-6-7(4-2)10(13)9(5-8(6)12)16-11(14)15/h5,13H,3-4H2,1-2H3,(H,14,15). The number of phenolic OH excluding ortho intramolecular Hbond substituents is 1. The van der Waals surface area contributed by atoms with Crippen molar-refractivity contribution < 1.29 is 24.1 Å². The Kier molecular flexibility index (Phi) is 3.71. The average Bonchev–Trinajstić information content (AvgIpc) is 2.21. The van der Waals surface area contributed by atoms with Crippen molar-refractivity contribution in [1.29, 1.82) is 0 Å². The van der Waals surface area contributed by atoms with Crippen molar-refractivity contribution in [1.82, 2.24) is 0 Å². The molecule has 0 amide bonds. The van der Waals surface area contributed by atoms with Gasteiger partial charge in [-0.05, 0) is 18.4 Å². The Bertz CT molecular complexity index is 415. The highest BCUT2D eigenvalue weighted by Gasteiger charge is 2.18. The van der Waals surface area contributed by atoms with Crippen LogP contribution >= 0.6 is 0 Å². The van der Waals surface area contributed by atoms with E-state index >= 15 is 0 Å². The van der Waals surface area contributed by atoms with E-state index in [-0.39, 0.29) is 11.5 Å². The molecule has 0 fully saturated rings. The molecule has 0 spiro atoms. The maximum absolute atomic E-state index is 13.5. The van der Waals surface area contributed by atoms with E-state index in [4.69, 9.17) is 5.11 Å². The molecular weight excluding hydrogens is 215 g/mol. The Balaban J connectivity index is 3.33. The highest BCUT2D eigenvalue weighted by atomic mass is 19.1. The van der Waals surface area contributed by atoms with E-state index in [9.17, 15) is 14.3 Å². The lowest BCUT2D eigenvalue weighted by Crippen LogP contribution is -2.06. The summed E-state index contributed by atoms with van der Waals surface area (Å²) in [6, 6.07) is 0.890. The number of hydrogen-bond donors (Lipinski definition) is 2. The molecule has 4 nitrogen and oxygen atoms in total. The van der Waals surface area contributed by atoms with Crippen LogP contribution in [0.5, 0.6) is 11.5 Å². The summed E-state index contributed by atoms with van der Waals surface area (Å²) in [5.41, 5.74) is 0.775. The molecule has 1 aromatic carbocycles. The zero-order valence-electron chi connectivity index (χ0n) is 9.08. The molecule has 0 unspecified atom stereocenters. The Morgan fingerprint density at radius 2 is 1.94 bits per heavy atom. The molecular formula is C11H13FO4. The van der Waals surface area contributed by atoms with Crippen LogP contribution in [-0.2, 0) is 12.8 Å². The van der Waals surface area contributed by atoms with Gasteiger partial charge in [0.05, 0.1) is 0 Å². The Hall–Kier alpha value is -1.78. The Morgan fingerprint density at radius 3 is 2.38 bits per heavy atom. The number of benzene rings is 1. The third-order valence-electron chi connectivity index (χ3n) is 2.33. The fourth-order valence-corrected chi connectivity index (χ4v) is 1.64. The second-order valence-electron chi connectivity index (χ2n) is 3.24. The summed E-state index contributed by atoms with van der Waals surface area (Å²) >= 11 is 0. The quantitative estimate of drug-likeness (QED) is 0.616. The Labute approximate surface area is 92.3 Å². The van der Waals surface area contributed by atoms with E-state index in [0.29, 0.717) is 24.0 Å². The summed E-state index contributed by atoms with van der Waals surface area (Å²) in [6.07, 6.45) is -0.750. The van der Waals surface area contributed by atoms with Gasteiger partial charge in [-0.2, -0.15) is 0 Å². The lowest BCUT2D eigenvalue weighted by atomic mass is 10.0. The van der Waals surface area contributed by atoms with E-state index in [1.165, 1.54) is 0 Å². The maximum atomic E-state index is 13.5. The maximum Gasteiger partial charge on any atom is 0.511 e. The molecule has 1 aromatic rings. The number of rotatable bonds is 3. The third-order valence-corrected chi connectivity index (χ3v) is 2.33. The minimum absolute atomic E-state index is 0.303. The van der Waals surface area contributed by atoms with Gasteiger partial charge in [0.25, 0.3) is 0 Å². The van der Waals surface area contributed by atoms with Crippen LogP contribution in [0.2, 0.25) is 0 Å². The summed E-state index contributed by atoms with van der Waals surface area (Å²) < 4.78 is 17.8. The van der Waals surface area contributed by atoms with Crippen molar-refractivity contribution in [2.24, 2.45) is 0 Å².